The predicted octanol–water partition coefficient (Wildman–Crippen LogP) is 5.12. The molecule has 2 aromatic heterocycles. The van der Waals surface area contributed by atoms with Crippen LogP contribution in [-0.4, -0.2) is 9.97 Å². The minimum absolute atomic E-state index is 0.492. The Morgan fingerprint density at radius 2 is 1.10 bits per heavy atom. The summed E-state index contributed by atoms with van der Waals surface area (Å²) in [5.74, 6) is 0. The third-order valence-corrected chi connectivity index (χ3v) is 3.43. The smallest absolute Gasteiger partial charge is 0.129 e. The van der Waals surface area contributed by atoms with E-state index >= 15 is 0 Å². The molecule has 0 amide bonds. The van der Waals surface area contributed by atoms with Gasteiger partial charge in [0.1, 0.15) is 10.3 Å². The Hall–Kier alpha value is -1.90. The van der Waals surface area contributed by atoms with Gasteiger partial charge in [0.25, 0.3) is 0 Å². The molecule has 0 radical (unpaired) electrons. The van der Waals surface area contributed by atoms with Gasteiger partial charge >= 0.3 is 0 Å². The number of aromatic nitrogens is 2. The SMILES string of the molecule is Clc1ccc(-c2cccc(-c3ccc(Cl)nc3)c2)cn1. The van der Waals surface area contributed by atoms with Gasteiger partial charge in [-0.3, -0.25) is 0 Å². The fourth-order valence-corrected chi connectivity index (χ4v) is 2.20. The van der Waals surface area contributed by atoms with Gasteiger partial charge in [-0.2, -0.15) is 0 Å². The second-order valence-corrected chi connectivity index (χ2v) is 5.09. The van der Waals surface area contributed by atoms with Crippen LogP contribution in [0, 0.1) is 0 Å². The maximum atomic E-state index is 5.81. The summed E-state index contributed by atoms with van der Waals surface area (Å²) >= 11 is 11.6. The van der Waals surface area contributed by atoms with Gasteiger partial charge in [0.05, 0.1) is 0 Å². The molecule has 98 valence electrons. The Morgan fingerprint density at radius 3 is 1.50 bits per heavy atom. The summed E-state index contributed by atoms with van der Waals surface area (Å²) in [4.78, 5) is 8.21. The fourth-order valence-electron chi connectivity index (χ4n) is 1.97. The molecule has 20 heavy (non-hydrogen) atoms. The highest BCUT2D eigenvalue weighted by molar-refractivity contribution is 6.29. The zero-order valence-corrected chi connectivity index (χ0v) is 11.9. The molecule has 3 aromatic rings. The van der Waals surface area contributed by atoms with Crippen molar-refractivity contribution in [1.82, 2.24) is 9.97 Å². The zero-order chi connectivity index (χ0) is 13.9. The van der Waals surface area contributed by atoms with E-state index in [0.29, 0.717) is 10.3 Å². The molecule has 3 rings (SSSR count). The lowest BCUT2D eigenvalue weighted by Gasteiger charge is -2.05. The van der Waals surface area contributed by atoms with Crippen LogP contribution in [0.1, 0.15) is 0 Å². The highest BCUT2D eigenvalue weighted by Gasteiger charge is 2.03. The summed E-state index contributed by atoms with van der Waals surface area (Å²) in [6, 6.07) is 15.7. The molecule has 0 aliphatic heterocycles. The first-order chi connectivity index (χ1) is 9.72. The standard InChI is InChI=1S/C16H10Cl2N2/c17-15-6-4-13(9-19-15)11-2-1-3-12(8-11)14-5-7-16(18)20-10-14/h1-10H. The molecule has 0 aliphatic rings. The summed E-state index contributed by atoms with van der Waals surface area (Å²) in [6.45, 7) is 0. The van der Waals surface area contributed by atoms with Crippen molar-refractivity contribution >= 4 is 23.2 Å². The van der Waals surface area contributed by atoms with Crippen molar-refractivity contribution < 1.29 is 0 Å². The number of hydrogen-bond acceptors (Lipinski definition) is 2. The fraction of sp³-hybridized carbons (Fsp3) is 0. The third-order valence-electron chi connectivity index (χ3n) is 2.98. The molecule has 1 aromatic carbocycles. The second-order valence-electron chi connectivity index (χ2n) is 4.32. The van der Waals surface area contributed by atoms with Gasteiger partial charge in [-0.25, -0.2) is 9.97 Å². The average Bonchev–Trinajstić information content (AvgIpc) is 2.49. The van der Waals surface area contributed by atoms with Crippen LogP contribution in [0.2, 0.25) is 10.3 Å². The number of hydrogen-bond donors (Lipinski definition) is 0. The van der Waals surface area contributed by atoms with E-state index in [-0.39, 0.29) is 0 Å². The molecule has 0 spiro atoms. The van der Waals surface area contributed by atoms with Crippen molar-refractivity contribution in [3.8, 4) is 22.3 Å². The first-order valence-electron chi connectivity index (χ1n) is 6.06. The van der Waals surface area contributed by atoms with E-state index in [2.05, 4.69) is 16.0 Å². The zero-order valence-electron chi connectivity index (χ0n) is 10.4. The van der Waals surface area contributed by atoms with Gasteiger partial charge in [-0.1, -0.05) is 41.4 Å². The number of benzene rings is 1. The Kier molecular flexibility index (Phi) is 3.68. The molecule has 0 aliphatic carbocycles. The number of halogens is 2. The second kappa shape index (κ2) is 5.61. The molecule has 0 saturated heterocycles. The summed E-state index contributed by atoms with van der Waals surface area (Å²) < 4.78 is 0. The quantitative estimate of drug-likeness (QED) is 0.614. The summed E-state index contributed by atoms with van der Waals surface area (Å²) in [5, 5.41) is 0.985. The molecule has 0 fully saturated rings. The molecule has 4 heteroatoms. The highest BCUT2D eigenvalue weighted by Crippen LogP contribution is 2.26. The lowest BCUT2D eigenvalue weighted by molar-refractivity contribution is 1.32. The van der Waals surface area contributed by atoms with Crippen LogP contribution in [0.15, 0.2) is 60.9 Å². The van der Waals surface area contributed by atoms with Crippen LogP contribution in [0.5, 0.6) is 0 Å². The van der Waals surface area contributed by atoms with Gasteiger partial charge in [-0.15, -0.1) is 0 Å². The maximum Gasteiger partial charge on any atom is 0.129 e. The molecular formula is C16H10Cl2N2. The van der Waals surface area contributed by atoms with Crippen molar-refractivity contribution in [2.45, 2.75) is 0 Å². The third kappa shape index (κ3) is 2.82. The van der Waals surface area contributed by atoms with Crippen LogP contribution in [0.3, 0.4) is 0 Å². The van der Waals surface area contributed by atoms with E-state index in [1.807, 2.05) is 30.3 Å². The molecule has 0 atom stereocenters. The summed E-state index contributed by atoms with van der Waals surface area (Å²) in [7, 11) is 0. The number of nitrogens with zero attached hydrogens (tertiary/aromatic N) is 2. The van der Waals surface area contributed by atoms with Gasteiger partial charge in [0.2, 0.25) is 0 Å². The maximum absolute atomic E-state index is 5.81. The highest BCUT2D eigenvalue weighted by atomic mass is 35.5. The van der Waals surface area contributed by atoms with E-state index in [9.17, 15) is 0 Å². The summed E-state index contributed by atoms with van der Waals surface area (Å²) in [5.41, 5.74) is 4.22. The number of rotatable bonds is 2. The minimum atomic E-state index is 0.492. The summed E-state index contributed by atoms with van der Waals surface area (Å²) in [6.07, 6.45) is 3.53. The number of pyridine rings is 2. The van der Waals surface area contributed by atoms with E-state index in [1.54, 1.807) is 24.5 Å². The monoisotopic (exact) mass is 300 g/mol. The van der Waals surface area contributed by atoms with Crippen LogP contribution in [0.4, 0.5) is 0 Å². The van der Waals surface area contributed by atoms with Crippen molar-refractivity contribution in [3.63, 3.8) is 0 Å². The molecule has 0 bridgehead atoms. The van der Waals surface area contributed by atoms with E-state index in [4.69, 9.17) is 23.2 Å². The molecular weight excluding hydrogens is 291 g/mol. The van der Waals surface area contributed by atoms with Gasteiger partial charge in [0, 0.05) is 23.5 Å². The van der Waals surface area contributed by atoms with Gasteiger partial charge in [-0.05, 0) is 41.5 Å². The molecule has 2 heterocycles. The Morgan fingerprint density at radius 1 is 0.600 bits per heavy atom. The molecule has 0 N–H and O–H groups in total. The van der Waals surface area contributed by atoms with E-state index in [0.717, 1.165) is 22.3 Å². The lowest BCUT2D eigenvalue weighted by Crippen LogP contribution is -1.84. The predicted molar refractivity (Wildman–Crippen MR) is 82.9 cm³/mol. The van der Waals surface area contributed by atoms with Crippen molar-refractivity contribution in [2.24, 2.45) is 0 Å². The normalized spacial score (nSPS) is 10.5. The van der Waals surface area contributed by atoms with Gasteiger partial charge in [0.15, 0.2) is 0 Å². The van der Waals surface area contributed by atoms with E-state index in [1.165, 1.54) is 0 Å². The van der Waals surface area contributed by atoms with Crippen molar-refractivity contribution in [2.75, 3.05) is 0 Å². The Balaban J connectivity index is 2.01. The van der Waals surface area contributed by atoms with Crippen molar-refractivity contribution in [3.05, 3.63) is 71.2 Å². The van der Waals surface area contributed by atoms with Crippen LogP contribution >= 0.6 is 23.2 Å². The largest absolute Gasteiger partial charge is 0.244 e. The molecule has 0 saturated carbocycles. The van der Waals surface area contributed by atoms with Crippen LogP contribution < -0.4 is 0 Å². The van der Waals surface area contributed by atoms with E-state index < -0.39 is 0 Å². The molecule has 0 unspecified atom stereocenters. The first kappa shape index (κ1) is 13.1. The Bertz CT molecular complexity index is 661. The first-order valence-corrected chi connectivity index (χ1v) is 6.82. The van der Waals surface area contributed by atoms with Crippen LogP contribution in [-0.2, 0) is 0 Å². The Labute approximate surface area is 127 Å². The topological polar surface area (TPSA) is 25.8 Å². The average molecular weight is 301 g/mol. The van der Waals surface area contributed by atoms with Crippen molar-refractivity contribution in [1.29, 1.82) is 0 Å². The van der Waals surface area contributed by atoms with Gasteiger partial charge < -0.3 is 0 Å². The lowest BCUT2D eigenvalue weighted by atomic mass is 10.0. The van der Waals surface area contributed by atoms with Crippen LogP contribution in [0.25, 0.3) is 22.3 Å². The minimum Gasteiger partial charge on any atom is -0.244 e. The molecule has 2 nitrogen and oxygen atoms in total.